The molecule has 2 saturated heterocycles. The Kier molecular flexibility index (Phi) is 5.63. The van der Waals surface area contributed by atoms with Gasteiger partial charge in [-0.25, -0.2) is 0 Å². The summed E-state index contributed by atoms with van der Waals surface area (Å²) in [5, 5.41) is 9.83. The van der Waals surface area contributed by atoms with E-state index in [2.05, 4.69) is 41.0 Å². The molecule has 0 spiro atoms. The number of aliphatic hydroxyl groups is 1. The predicted molar refractivity (Wildman–Crippen MR) is 100 cm³/mol. The molecule has 0 bridgehead atoms. The molecular formula is C21H34N2O. The maximum Gasteiger partial charge on any atom is 0.0594 e. The molecule has 2 heterocycles. The molecule has 1 unspecified atom stereocenters. The quantitative estimate of drug-likeness (QED) is 0.865. The number of likely N-dealkylation sites (tertiary alicyclic amines) is 2. The summed E-state index contributed by atoms with van der Waals surface area (Å²) in [5.41, 5.74) is 2.16. The molecular weight excluding hydrogens is 296 g/mol. The van der Waals surface area contributed by atoms with Crippen LogP contribution in [0.3, 0.4) is 0 Å². The van der Waals surface area contributed by atoms with Crippen molar-refractivity contribution in [2.75, 3.05) is 19.6 Å². The average molecular weight is 331 g/mol. The first kappa shape index (κ1) is 17.9. The highest BCUT2D eigenvalue weighted by molar-refractivity contribution is 5.23. The second kappa shape index (κ2) is 7.55. The number of benzene rings is 1. The maximum absolute atomic E-state index is 9.83. The molecule has 2 aliphatic heterocycles. The van der Waals surface area contributed by atoms with E-state index in [1.807, 2.05) is 13.8 Å². The number of rotatable bonds is 6. The molecule has 2 fully saturated rings. The zero-order chi connectivity index (χ0) is 17.2. The monoisotopic (exact) mass is 330 g/mol. The van der Waals surface area contributed by atoms with Crippen molar-refractivity contribution in [3.8, 4) is 0 Å². The third-order valence-corrected chi connectivity index (χ3v) is 5.72. The zero-order valence-electron chi connectivity index (χ0n) is 15.7. The van der Waals surface area contributed by atoms with E-state index in [1.165, 1.54) is 50.0 Å². The summed E-state index contributed by atoms with van der Waals surface area (Å²) in [6.07, 6.45) is 5.93. The van der Waals surface area contributed by atoms with Gasteiger partial charge < -0.3 is 5.11 Å². The van der Waals surface area contributed by atoms with E-state index in [0.29, 0.717) is 0 Å². The molecule has 1 aromatic carbocycles. The molecule has 1 N–H and O–H groups in total. The van der Waals surface area contributed by atoms with Crippen molar-refractivity contribution in [1.82, 2.24) is 9.80 Å². The van der Waals surface area contributed by atoms with E-state index in [4.69, 9.17) is 0 Å². The summed E-state index contributed by atoms with van der Waals surface area (Å²) in [6.45, 7) is 11.0. The number of hydrogen-bond donors (Lipinski definition) is 1. The van der Waals surface area contributed by atoms with Gasteiger partial charge in [0.15, 0.2) is 0 Å². The number of piperidine rings is 1. The first-order chi connectivity index (χ1) is 11.4. The number of aryl methyl sites for hydroxylation is 1. The van der Waals surface area contributed by atoms with Crippen LogP contribution in [0.25, 0.3) is 0 Å². The molecule has 0 saturated carbocycles. The largest absolute Gasteiger partial charge is 0.390 e. The first-order valence-electron chi connectivity index (χ1n) is 9.69. The van der Waals surface area contributed by atoms with Gasteiger partial charge in [0.2, 0.25) is 0 Å². The predicted octanol–water partition coefficient (Wildman–Crippen LogP) is 3.45. The van der Waals surface area contributed by atoms with Crippen LogP contribution in [0.1, 0.15) is 57.6 Å². The van der Waals surface area contributed by atoms with Gasteiger partial charge >= 0.3 is 0 Å². The summed E-state index contributed by atoms with van der Waals surface area (Å²) in [6, 6.07) is 10.5. The van der Waals surface area contributed by atoms with Gasteiger partial charge in [0.25, 0.3) is 0 Å². The Morgan fingerprint density at radius 1 is 1.08 bits per heavy atom. The minimum Gasteiger partial charge on any atom is -0.390 e. The topological polar surface area (TPSA) is 26.7 Å². The second-order valence-corrected chi connectivity index (χ2v) is 8.56. The molecule has 3 heteroatoms. The third kappa shape index (κ3) is 4.81. The van der Waals surface area contributed by atoms with Crippen molar-refractivity contribution in [2.24, 2.45) is 0 Å². The molecule has 0 radical (unpaired) electrons. The Morgan fingerprint density at radius 3 is 2.38 bits per heavy atom. The molecule has 2 aliphatic rings. The number of hydrogen-bond acceptors (Lipinski definition) is 3. The number of nitrogens with zero attached hydrogens (tertiary/aromatic N) is 2. The minimum atomic E-state index is -0.573. The highest BCUT2D eigenvalue weighted by Gasteiger charge is 2.34. The van der Waals surface area contributed by atoms with Crippen LogP contribution in [0.2, 0.25) is 0 Å². The van der Waals surface area contributed by atoms with Crippen LogP contribution in [-0.2, 0) is 13.0 Å². The van der Waals surface area contributed by atoms with Gasteiger partial charge in [-0.15, -0.1) is 0 Å². The normalized spacial score (nSPS) is 24.1. The second-order valence-electron chi connectivity index (χ2n) is 8.56. The maximum atomic E-state index is 9.83. The molecule has 1 atom stereocenters. The highest BCUT2D eigenvalue weighted by Crippen LogP contribution is 2.25. The fourth-order valence-corrected chi connectivity index (χ4v) is 4.06. The lowest BCUT2D eigenvalue weighted by Gasteiger charge is -2.49. The fraction of sp³-hybridized carbons (Fsp3) is 0.714. The fourth-order valence-electron chi connectivity index (χ4n) is 4.06. The van der Waals surface area contributed by atoms with E-state index in [-0.39, 0.29) is 0 Å². The molecule has 0 aliphatic carbocycles. The Balaban J connectivity index is 1.43. The van der Waals surface area contributed by atoms with E-state index < -0.39 is 5.60 Å². The van der Waals surface area contributed by atoms with Crippen molar-refractivity contribution < 1.29 is 5.11 Å². The lowest BCUT2D eigenvalue weighted by Crippen LogP contribution is -2.61. The molecule has 3 rings (SSSR count). The zero-order valence-corrected chi connectivity index (χ0v) is 15.7. The van der Waals surface area contributed by atoms with Crippen LogP contribution in [0.15, 0.2) is 24.3 Å². The van der Waals surface area contributed by atoms with Crippen molar-refractivity contribution in [3.63, 3.8) is 0 Å². The van der Waals surface area contributed by atoms with Gasteiger partial charge in [0, 0.05) is 31.7 Å². The SMILES string of the molecule is CC1CCCCN1C1CN(Cc2ccc(CCC(C)(C)O)cc2)C1. The van der Waals surface area contributed by atoms with Gasteiger partial charge in [-0.3, -0.25) is 9.80 Å². The summed E-state index contributed by atoms with van der Waals surface area (Å²) in [7, 11) is 0. The summed E-state index contributed by atoms with van der Waals surface area (Å²) in [5.74, 6) is 0. The Labute approximate surface area is 147 Å². The van der Waals surface area contributed by atoms with Crippen molar-refractivity contribution in [3.05, 3.63) is 35.4 Å². The van der Waals surface area contributed by atoms with Gasteiger partial charge in [-0.1, -0.05) is 30.7 Å². The minimum absolute atomic E-state index is 0.573. The standard InChI is InChI=1S/C21H34N2O/c1-17-6-4-5-13-23(17)20-15-22(16-20)14-19-9-7-18(8-10-19)11-12-21(2,3)24/h7-10,17,20,24H,4-6,11-16H2,1-3H3. The van der Waals surface area contributed by atoms with Gasteiger partial charge in [0.05, 0.1) is 5.60 Å². The van der Waals surface area contributed by atoms with Crippen LogP contribution in [0.5, 0.6) is 0 Å². The summed E-state index contributed by atoms with van der Waals surface area (Å²) < 4.78 is 0. The Morgan fingerprint density at radius 2 is 1.75 bits per heavy atom. The van der Waals surface area contributed by atoms with Gasteiger partial charge in [-0.2, -0.15) is 0 Å². The van der Waals surface area contributed by atoms with Crippen molar-refractivity contribution in [2.45, 2.75) is 77.1 Å². The lowest BCUT2D eigenvalue weighted by atomic mass is 9.96. The molecule has 0 amide bonds. The molecule has 1 aromatic rings. The van der Waals surface area contributed by atoms with E-state index in [0.717, 1.165) is 31.5 Å². The van der Waals surface area contributed by atoms with Crippen LogP contribution in [0, 0.1) is 0 Å². The smallest absolute Gasteiger partial charge is 0.0594 e. The Hall–Kier alpha value is -0.900. The third-order valence-electron chi connectivity index (χ3n) is 5.72. The molecule has 0 aromatic heterocycles. The van der Waals surface area contributed by atoms with Gasteiger partial charge in [0.1, 0.15) is 0 Å². The van der Waals surface area contributed by atoms with Crippen LogP contribution in [-0.4, -0.2) is 52.2 Å². The van der Waals surface area contributed by atoms with Crippen LogP contribution < -0.4 is 0 Å². The van der Waals surface area contributed by atoms with E-state index in [1.54, 1.807) is 0 Å². The van der Waals surface area contributed by atoms with Crippen molar-refractivity contribution >= 4 is 0 Å². The van der Waals surface area contributed by atoms with E-state index in [9.17, 15) is 5.11 Å². The van der Waals surface area contributed by atoms with Crippen molar-refractivity contribution in [1.29, 1.82) is 0 Å². The van der Waals surface area contributed by atoms with Gasteiger partial charge in [-0.05, 0) is 64.1 Å². The molecule has 3 nitrogen and oxygen atoms in total. The highest BCUT2D eigenvalue weighted by atomic mass is 16.3. The first-order valence-corrected chi connectivity index (χ1v) is 9.69. The van der Waals surface area contributed by atoms with E-state index >= 15 is 0 Å². The molecule has 24 heavy (non-hydrogen) atoms. The summed E-state index contributed by atoms with van der Waals surface area (Å²) in [4.78, 5) is 5.30. The van der Waals surface area contributed by atoms with Crippen LogP contribution >= 0.6 is 0 Å². The molecule has 134 valence electrons. The lowest BCUT2D eigenvalue weighted by molar-refractivity contribution is -0.00620. The average Bonchev–Trinajstić information content (AvgIpc) is 2.50. The van der Waals surface area contributed by atoms with Crippen LogP contribution in [0.4, 0.5) is 0 Å². The Bertz CT molecular complexity index is 514. The summed E-state index contributed by atoms with van der Waals surface area (Å²) >= 11 is 0.